The molecule has 0 spiro atoms. The zero-order valence-corrected chi connectivity index (χ0v) is 8.86. The number of rotatable bonds is 3. The molecule has 0 saturated heterocycles. The molecule has 4 heteroatoms. The molecule has 0 aromatic carbocycles. The topological polar surface area (TPSA) is 61.5 Å². The molecule has 0 radical (unpaired) electrons. The second-order valence-electron chi connectivity index (χ2n) is 4.21. The van der Waals surface area contributed by atoms with Crippen LogP contribution in [0.15, 0.2) is 0 Å². The SMILES string of the molecule is CC(C)COC(=O)OC1CCCC1N. The Morgan fingerprint density at radius 2 is 2.21 bits per heavy atom. The Labute approximate surface area is 84.7 Å². The van der Waals surface area contributed by atoms with E-state index in [0.717, 1.165) is 19.3 Å². The van der Waals surface area contributed by atoms with Gasteiger partial charge in [0.15, 0.2) is 0 Å². The molecule has 82 valence electrons. The molecule has 4 nitrogen and oxygen atoms in total. The van der Waals surface area contributed by atoms with Crippen molar-refractivity contribution >= 4 is 6.16 Å². The molecule has 1 rings (SSSR count). The minimum atomic E-state index is -0.582. The van der Waals surface area contributed by atoms with Gasteiger partial charge in [0.25, 0.3) is 0 Å². The molecular weight excluding hydrogens is 182 g/mol. The van der Waals surface area contributed by atoms with Crippen LogP contribution in [0, 0.1) is 5.92 Å². The van der Waals surface area contributed by atoms with Gasteiger partial charge in [0.1, 0.15) is 6.10 Å². The van der Waals surface area contributed by atoms with Crippen LogP contribution in [0.5, 0.6) is 0 Å². The predicted molar refractivity (Wildman–Crippen MR) is 52.9 cm³/mol. The Morgan fingerprint density at radius 1 is 1.50 bits per heavy atom. The van der Waals surface area contributed by atoms with E-state index in [0.29, 0.717) is 12.5 Å². The van der Waals surface area contributed by atoms with Gasteiger partial charge in [-0.3, -0.25) is 0 Å². The van der Waals surface area contributed by atoms with Crippen molar-refractivity contribution in [2.75, 3.05) is 6.61 Å². The van der Waals surface area contributed by atoms with Crippen LogP contribution in [-0.2, 0) is 9.47 Å². The number of nitrogens with two attached hydrogens (primary N) is 1. The first-order chi connectivity index (χ1) is 6.59. The molecule has 2 N–H and O–H groups in total. The van der Waals surface area contributed by atoms with Gasteiger partial charge in [-0.25, -0.2) is 4.79 Å². The third-order valence-electron chi connectivity index (χ3n) is 2.29. The Hall–Kier alpha value is -0.770. The van der Waals surface area contributed by atoms with Crippen molar-refractivity contribution in [3.8, 4) is 0 Å². The number of carbonyl (C=O) groups excluding carboxylic acids is 1. The summed E-state index contributed by atoms with van der Waals surface area (Å²) < 4.78 is 9.98. The average Bonchev–Trinajstić information content (AvgIpc) is 2.49. The van der Waals surface area contributed by atoms with Crippen LogP contribution in [0.2, 0.25) is 0 Å². The number of carbonyl (C=O) groups is 1. The summed E-state index contributed by atoms with van der Waals surface area (Å²) in [6, 6.07) is -0.0124. The summed E-state index contributed by atoms with van der Waals surface area (Å²) in [5.74, 6) is 0.333. The zero-order chi connectivity index (χ0) is 10.6. The molecule has 2 atom stereocenters. The molecule has 1 saturated carbocycles. The van der Waals surface area contributed by atoms with E-state index in [2.05, 4.69) is 0 Å². The maximum absolute atomic E-state index is 11.1. The van der Waals surface area contributed by atoms with Crippen molar-refractivity contribution in [1.29, 1.82) is 0 Å². The highest BCUT2D eigenvalue weighted by Gasteiger charge is 2.27. The second-order valence-corrected chi connectivity index (χ2v) is 4.21. The van der Waals surface area contributed by atoms with Crippen molar-refractivity contribution < 1.29 is 14.3 Å². The normalized spacial score (nSPS) is 26.6. The first kappa shape index (κ1) is 11.3. The lowest BCUT2D eigenvalue weighted by atomic mass is 10.2. The fourth-order valence-corrected chi connectivity index (χ4v) is 1.49. The molecule has 1 fully saturated rings. The maximum Gasteiger partial charge on any atom is 0.508 e. The van der Waals surface area contributed by atoms with Crippen molar-refractivity contribution in [3.63, 3.8) is 0 Å². The summed E-state index contributed by atoms with van der Waals surface area (Å²) >= 11 is 0. The molecule has 0 aliphatic heterocycles. The van der Waals surface area contributed by atoms with E-state index < -0.39 is 6.16 Å². The van der Waals surface area contributed by atoms with E-state index in [1.165, 1.54) is 0 Å². The lowest BCUT2D eigenvalue weighted by molar-refractivity contribution is 0.0154. The van der Waals surface area contributed by atoms with Gasteiger partial charge in [-0.05, 0) is 25.2 Å². The van der Waals surface area contributed by atoms with E-state index >= 15 is 0 Å². The largest absolute Gasteiger partial charge is 0.508 e. The highest BCUT2D eigenvalue weighted by atomic mass is 16.7. The van der Waals surface area contributed by atoms with Crippen molar-refractivity contribution in [2.24, 2.45) is 11.7 Å². The van der Waals surface area contributed by atoms with E-state index in [9.17, 15) is 4.79 Å². The van der Waals surface area contributed by atoms with E-state index in [1.54, 1.807) is 0 Å². The standard InChI is InChI=1S/C10H19NO3/c1-7(2)6-13-10(12)14-9-5-3-4-8(9)11/h7-9H,3-6,11H2,1-2H3. The summed E-state index contributed by atoms with van der Waals surface area (Å²) in [6.45, 7) is 4.37. The van der Waals surface area contributed by atoms with Crippen molar-refractivity contribution in [2.45, 2.75) is 45.3 Å². The predicted octanol–water partition coefficient (Wildman–Crippen LogP) is 1.68. The van der Waals surface area contributed by atoms with Gasteiger partial charge in [0.05, 0.1) is 6.61 Å². The molecule has 0 amide bonds. The van der Waals surface area contributed by atoms with Crippen LogP contribution in [0.4, 0.5) is 4.79 Å². The molecular formula is C10H19NO3. The summed E-state index contributed by atoms with van der Waals surface area (Å²) in [5.41, 5.74) is 5.75. The minimum absolute atomic E-state index is 0.0124. The Bertz CT molecular complexity index is 194. The lowest BCUT2D eigenvalue weighted by Gasteiger charge is -2.16. The Balaban J connectivity index is 2.19. The van der Waals surface area contributed by atoms with Crippen LogP contribution >= 0.6 is 0 Å². The quantitative estimate of drug-likeness (QED) is 0.705. The van der Waals surface area contributed by atoms with Crippen molar-refractivity contribution in [1.82, 2.24) is 0 Å². The highest BCUT2D eigenvalue weighted by molar-refractivity contribution is 5.60. The molecule has 2 unspecified atom stereocenters. The third kappa shape index (κ3) is 3.54. The van der Waals surface area contributed by atoms with Gasteiger partial charge in [-0.1, -0.05) is 13.8 Å². The Morgan fingerprint density at radius 3 is 2.71 bits per heavy atom. The van der Waals surface area contributed by atoms with Crippen LogP contribution in [-0.4, -0.2) is 24.9 Å². The molecule has 1 aliphatic carbocycles. The van der Waals surface area contributed by atoms with Crippen LogP contribution in [0.25, 0.3) is 0 Å². The van der Waals surface area contributed by atoms with Gasteiger partial charge >= 0.3 is 6.16 Å². The summed E-state index contributed by atoms with van der Waals surface area (Å²) in [4.78, 5) is 11.1. The third-order valence-corrected chi connectivity index (χ3v) is 2.29. The second kappa shape index (κ2) is 5.20. The Kier molecular flexibility index (Phi) is 4.20. The number of ether oxygens (including phenoxy) is 2. The molecule has 0 aromatic rings. The average molecular weight is 201 g/mol. The molecule has 14 heavy (non-hydrogen) atoms. The summed E-state index contributed by atoms with van der Waals surface area (Å²) in [6.07, 6.45) is 2.10. The molecule has 0 heterocycles. The van der Waals surface area contributed by atoms with Crippen LogP contribution < -0.4 is 5.73 Å². The van der Waals surface area contributed by atoms with Gasteiger partial charge in [-0.15, -0.1) is 0 Å². The zero-order valence-electron chi connectivity index (χ0n) is 8.86. The first-order valence-corrected chi connectivity index (χ1v) is 5.18. The minimum Gasteiger partial charge on any atom is -0.434 e. The first-order valence-electron chi connectivity index (χ1n) is 5.18. The summed E-state index contributed by atoms with van der Waals surface area (Å²) in [5, 5.41) is 0. The molecule has 1 aliphatic rings. The fraction of sp³-hybridized carbons (Fsp3) is 0.900. The van der Waals surface area contributed by atoms with Crippen molar-refractivity contribution in [3.05, 3.63) is 0 Å². The van der Waals surface area contributed by atoms with E-state index in [-0.39, 0.29) is 12.1 Å². The molecule has 0 bridgehead atoms. The van der Waals surface area contributed by atoms with Gasteiger partial charge in [-0.2, -0.15) is 0 Å². The lowest BCUT2D eigenvalue weighted by Crippen LogP contribution is -2.33. The smallest absolute Gasteiger partial charge is 0.434 e. The highest BCUT2D eigenvalue weighted by Crippen LogP contribution is 2.20. The monoisotopic (exact) mass is 201 g/mol. The van der Waals surface area contributed by atoms with Crippen LogP contribution in [0.1, 0.15) is 33.1 Å². The van der Waals surface area contributed by atoms with Gasteiger partial charge in [0.2, 0.25) is 0 Å². The number of hydrogen-bond acceptors (Lipinski definition) is 4. The molecule has 0 aromatic heterocycles. The number of hydrogen-bond donors (Lipinski definition) is 1. The van der Waals surface area contributed by atoms with Crippen LogP contribution in [0.3, 0.4) is 0 Å². The van der Waals surface area contributed by atoms with Gasteiger partial charge in [0, 0.05) is 6.04 Å². The summed E-state index contributed by atoms with van der Waals surface area (Å²) in [7, 11) is 0. The van der Waals surface area contributed by atoms with Gasteiger partial charge < -0.3 is 15.2 Å². The fourth-order valence-electron chi connectivity index (χ4n) is 1.49. The van der Waals surface area contributed by atoms with E-state index in [4.69, 9.17) is 15.2 Å². The maximum atomic E-state index is 11.1. The van der Waals surface area contributed by atoms with E-state index in [1.807, 2.05) is 13.8 Å².